The van der Waals surface area contributed by atoms with Crippen molar-refractivity contribution in [3.8, 4) is 11.5 Å². The van der Waals surface area contributed by atoms with Gasteiger partial charge in [-0.05, 0) is 24.6 Å². The number of rotatable bonds is 4. The Kier molecular flexibility index (Phi) is 4.70. The molecule has 112 valence electrons. The molecule has 0 saturated carbocycles. The van der Waals surface area contributed by atoms with E-state index in [0.717, 1.165) is 10.6 Å². The number of fused-ring (bicyclic) bond motifs is 1. The van der Waals surface area contributed by atoms with Gasteiger partial charge in [0.25, 0.3) is 0 Å². The largest absolute Gasteiger partial charge is 0.486 e. The molecule has 5 heteroatoms. The summed E-state index contributed by atoms with van der Waals surface area (Å²) in [7, 11) is 0.858. The third kappa shape index (κ3) is 3.52. The molecule has 1 N–H and O–H groups in total. The first-order valence-electron chi connectivity index (χ1n) is 6.87. The molecule has 0 bridgehead atoms. The summed E-state index contributed by atoms with van der Waals surface area (Å²) in [5, 5.41) is 3.26. The molecule has 0 aliphatic carbocycles. The third-order valence-corrected chi connectivity index (χ3v) is 4.90. The molecular formula is C15H23NO3S. The SMILES string of the molecule is CNC(CS(=O)c1ccc2c(c1)OCCO2)C(C)(C)C. The Labute approximate surface area is 123 Å². The van der Waals surface area contributed by atoms with Crippen molar-refractivity contribution in [2.45, 2.75) is 31.7 Å². The van der Waals surface area contributed by atoms with E-state index < -0.39 is 10.8 Å². The first-order valence-corrected chi connectivity index (χ1v) is 8.19. The topological polar surface area (TPSA) is 47.6 Å². The van der Waals surface area contributed by atoms with Gasteiger partial charge in [-0.2, -0.15) is 0 Å². The second-order valence-corrected chi connectivity index (χ2v) is 7.52. The van der Waals surface area contributed by atoms with Gasteiger partial charge in [-0.1, -0.05) is 20.8 Å². The summed E-state index contributed by atoms with van der Waals surface area (Å²) in [4.78, 5) is 0.791. The van der Waals surface area contributed by atoms with Crippen molar-refractivity contribution in [3.63, 3.8) is 0 Å². The van der Waals surface area contributed by atoms with E-state index in [1.807, 2.05) is 25.2 Å². The molecule has 2 unspecified atom stereocenters. The molecule has 0 aromatic heterocycles. The Morgan fingerprint density at radius 2 is 1.90 bits per heavy atom. The van der Waals surface area contributed by atoms with Crippen LogP contribution >= 0.6 is 0 Å². The van der Waals surface area contributed by atoms with Crippen molar-refractivity contribution in [2.75, 3.05) is 26.0 Å². The van der Waals surface area contributed by atoms with E-state index >= 15 is 0 Å². The van der Waals surface area contributed by atoms with Gasteiger partial charge in [-0.3, -0.25) is 4.21 Å². The van der Waals surface area contributed by atoms with Gasteiger partial charge in [0.2, 0.25) is 0 Å². The average Bonchev–Trinajstić information content (AvgIpc) is 2.42. The fourth-order valence-electron chi connectivity index (χ4n) is 2.18. The predicted octanol–water partition coefficient (Wildman–Crippen LogP) is 2.20. The van der Waals surface area contributed by atoms with E-state index in [1.54, 1.807) is 0 Å². The van der Waals surface area contributed by atoms with E-state index in [-0.39, 0.29) is 11.5 Å². The Morgan fingerprint density at radius 1 is 1.25 bits per heavy atom. The van der Waals surface area contributed by atoms with Crippen molar-refractivity contribution in [2.24, 2.45) is 5.41 Å². The van der Waals surface area contributed by atoms with Gasteiger partial charge < -0.3 is 14.8 Å². The number of hydrogen-bond acceptors (Lipinski definition) is 4. The maximum Gasteiger partial charge on any atom is 0.162 e. The van der Waals surface area contributed by atoms with Crippen LogP contribution in [-0.2, 0) is 10.8 Å². The summed E-state index contributed by atoms with van der Waals surface area (Å²) >= 11 is 0. The lowest BCUT2D eigenvalue weighted by Gasteiger charge is -2.30. The van der Waals surface area contributed by atoms with Gasteiger partial charge in [0.05, 0.1) is 10.8 Å². The lowest BCUT2D eigenvalue weighted by Crippen LogP contribution is -2.42. The number of benzene rings is 1. The Bertz CT molecular complexity index is 496. The molecule has 4 nitrogen and oxygen atoms in total. The monoisotopic (exact) mass is 297 g/mol. The Hall–Kier alpha value is -1.07. The van der Waals surface area contributed by atoms with Crippen LogP contribution < -0.4 is 14.8 Å². The molecule has 1 aliphatic heterocycles. The van der Waals surface area contributed by atoms with E-state index in [0.29, 0.717) is 24.7 Å². The summed E-state index contributed by atoms with van der Waals surface area (Å²) in [6, 6.07) is 5.73. The van der Waals surface area contributed by atoms with Crippen molar-refractivity contribution in [1.82, 2.24) is 5.32 Å². The van der Waals surface area contributed by atoms with Crippen LogP contribution in [0.15, 0.2) is 23.1 Å². The van der Waals surface area contributed by atoms with Crippen LogP contribution in [0.3, 0.4) is 0 Å². The molecule has 1 aromatic carbocycles. The van der Waals surface area contributed by atoms with Gasteiger partial charge in [0.1, 0.15) is 13.2 Å². The maximum absolute atomic E-state index is 12.5. The highest BCUT2D eigenvalue weighted by Gasteiger charge is 2.26. The van der Waals surface area contributed by atoms with E-state index in [4.69, 9.17) is 9.47 Å². The first-order chi connectivity index (χ1) is 9.41. The molecule has 0 fully saturated rings. The van der Waals surface area contributed by atoms with E-state index in [1.165, 1.54) is 0 Å². The minimum atomic E-state index is -1.06. The van der Waals surface area contributed by atoms with Gasteiger partial charge in [-0.25, -0.2) is 0 Å². The summed E-state index contributed by atoms with van der Waals surface area (Å²) in [5.74, 6) is 2.01. The van der Waals surface area contributed by atoms with Gasteiger partial charge in [0.15, 0.2) is 11.5 Å². The second-order valence-electron chi connectivity index (χ2n) is 6.02. The summed E-state index contributed by atoms with van der Waals surface area (Å²) in [6.45, 7) is 7.56. The standard InChI is InChI=1S/C15H23NO3S/c1-15(2,3)14(16-4)10-20(17)11-5-6-12-13(9-11)19-8-7-18-12/h5-6,9,14,16H,7-8,10H2,1-4H3. The normalized spacial score (nSPS) is 17.6. The lowest BCUT2D eigenvalue weighted by molar-refractivity contribution is 0.171. The van der Waals surface area contributed by atoms with Crippen LogP contribution in [0.1, 0.15) is 20.8 Å². The molecule has 1 aliphatic rings. The zero-order valence-electron chi connectivity index (χ0n) is 12.6. The highest BCUT2D eigenvalue weighted by atomic mass is 32.2. The molecule has 0 radical (unpaired) electrons. The number of ether oxygens (including phenoxy) is 2. The van der Waals surface area contributed by atoms with Crippen molar-refractivity contribution in [3.05, 3.63) is 18.2 Å². The van der Waals surface area contributed by atoms with Crippen molar-refractivity contribution < 1.29 is 13.7 Å². The predicted molar refractivity (Wildman–Crippen MR) is 81.0 cm³/mol. The zero-order chi connectivity index (χ0) is 14.8. The van der Waals surface area contributed by atoms with Crippen molar-refractivity contribution in [1.29, 1.82) is 0 Å². The van der Waals surface area contributed by atoms with Gasteiger partial charge in [0, 0.05) is 22.8 Å². The quantitative estimate of drug-likeness (QED) is 0.925. The number of nitrogens with one attached hydrogen (secondary N) is 1. The van der Waals surface area contributed by atoms with Crippen molar-refractivity contribution >= 4 is 10.8 Å². The minimum absolute atomic E-state index is 0.0677. The molecule has 0 spiro atoms. The summed E-state index contributed by atoms with van der Waals surface area (Å²) < 4.78 is 23.5. The lowest BCUT2D eigenvalue weighted by atomic mass is 9.88. The van der Waals surface area contributed by atoms with Crippen LogP contribution in [0.4, 0.5) is 0 Å². The molecule has 2 atom stereocenters. The Morgan fingerprint density at radius 3 is 2.50 bits per heavy atom. The Balaban J connectivity index is 2.13. The highest BCUT2D eigenvalue weighted by Crippen LogP contribution is 2.32. The molecular weight excluding hydrogens is 274 g/mol. The molecule has 1 aromatic rings. The zero-order valence-corrected chi connectivity index (χ0v) is 13.4. The van der Waals surface area contributed by atoms with E-state index in [2.05, 4.69) is 26.1 Å². The maximum atomic E-state index is 12.5. The molecule has 1 heterocycles. The number of hydrogen-bond donors (Lipinski definition) is 1. The average molecular weight is 297 g/mol. The second kappa shape index (κ2) is 6.14. The van der Waals surface area contributed by atoms with Crippen LogP contribution in [0, 0.1) is 5.41 Å². The minimum Gasteiger partial charge on any atom is -0.486 e. The molecule has 20 heavy (non-hydrogen) atoms. The van der Waals surface area contributed by atoms with Gasteiger partial charge in [-0.15, -0.1) is 0 Å². The van der Waals surface area contributed by atoms with Gasteiger partial charge >= 0.3 is 0 Å². The first kappa shape index (κ1) is 15.3. The summed E-state index contributed by atoms with van der Waals surface area (Å²) in [6.07, 6.45) is 0. The smallest absolute Gasteiger partial charge is 0.162 e. The summed E-state index contributed by atoms with van der Waals surface area (Å²) in [5.41, 5.74) is 0.0677. The molecule has 0 saturated heterocycles. The highest BCUT2D eigenvalue weighted by molar-refractivity contribution is 7.85. The molecule has 2 rings (SSSR count). The van der Waals surface area contributed by atoms with Crippen LogP contribution in [0.2, 0.25) is 0 Å². The third-order valence-electron chi connectivity index (χ3n) is 3.49. The van der Waals surface area contributed by atoms with E-state index in [9.17, 15) is 4.21 Å². The van der Waals surface area contributed by atoms with Crippen LogP contribution in [0.25, 0.3) is 0 Å². The fraction of sp³-hybridized carbons (Fsp3) is 0.600. The molecule has 0 amide bonds. The van der Waals surface area contributed by atoms with Crippen LogP contribution in [-0.4, -0.2) is 36.3 Å². The fourth-order valence-corrected chi connectivity index (χ4v) is 3.80. The van der Waals surface area contributed by atoms with Crippen LogP contribution in [0.5, 0.6) is 11.5 Å².